The molecule has 126 heavy (non-hydrogen) atoms. The van der Waals surface area contributed by atoms with Crippen molar-refractivity contribution in [2.45, 2.75) is 323 Å². The number of nitrogens with one attached hydrogen (secondary N) is 17. The second-order valence-electron chi connectivity index (χ2n) is 37.3. The van der Waals surface area contributed by atoms with Crippen molar-refractivity contribution in [1.29, 1.82) is 0 Å². The van der Waals surface area contributed by atoms with Gasteiger partial charge in [-0.3, -0.25) is 95.9 Å². The van der Waals surface area contributed by atoms with Crippen molar-refractivity contribution >= 4 is 118 Å². The van der Waals surface area contributed by atoms with Crippen molar-refractivity contribution in [3.63, 3.8) is 0 Å². The molecular weight excluding hydrogens is 1650 g/mol. The Balaban J connectivity index is 2.18. The maximum absolute atomic E-state index is 14.6. The van der Waals surface area contributed by atoms with E-state index in [1.807, 2.05) is 0 Å². The minimum Gasteiger partial charge on any atom is -0.508 e. The van der Waals surface area contributed by atoms with Crippen LogP contribution in [0.4, 0.5) is 0 Å². The van der Waals surface area contributed by atoms with Gasteiger partial charge in [-0.15, -0.1) is 0 Å². The number of hydrogen-bond donors (Lipinski definition) is 22. The van der Waals surface area contributed by atoms with E-state index in [2.05, 4.69) is 90.4 Å². The summed E-state index contributed by atoms with van der Waals surface area (Å²) in [6.45, 7) is 31.5. The Bertz CT molecular complexity index is 4160. The standard InChI is InChI=1S/C83H138N20O23/c1-42(2)36-52(64(115)99-83(23,24)75(126)103-35-25-26-55(103)66(117)90-53(37-43(3)4)65(116)98-82(21,22)74(125)102-79(15,16)70(121)91-50(31-33-56(84)108)61(112)88-48(40-104)38-47-27-29-49(107)30-28-47)89-58(110)39-86-68(119)76(9,10)100-67(118)59(44(5)6)94-72(123)78(13,14)97-63(114)51(32-34-57(85)109)92-71(122)80(17,18)101-73(124)81(19,20)96-60(111)45(7)87-62(113)54(41-105)93-69(120)77(11,12)95-46(8)106/h27-30,42-45,48,50-55,59,104-105,107H,25-26,31-41H2,1-24H3,(H2,84,108)(H2,85,109)(H,86,119)(H,87,113)(H,88,112)(H,89,110)(H,90,117)(H,91,121)(H,92,122)(H,93,120)(H,94,123)(H,95,106)(H,96,111)(H,97,114)(H,98,116)(H,99,115)(H,100,118)(H,101,124)(H,102,125)/t45-,48+,50+,51+,52-,53-,54-,55-,59+/m0/s1. The molecule has 1 saturated heterocycles. The van der Waals surface area contributed by atoms with Crippen LogP contribution in [0.25, 0.3) is 0 Å². The normalized spacial score (nSPS) is 15.2. The molecule has 1 aliphatic heterocycles. The lowest BCUT2D eigenvalue weighted by Crippen LogP contribution is -2.66. The fourth-order valence-electron chi connectivity index (χ4n) is 12.6. The highest BCUT2D eigenvalue weighted by Gasteiger charge is 2.47. The highest BCUT2D eigenvalue weighted by molar-refractivity contribution is 6.04. The fourth-order valence-corrected chi connectivity index (χ4v) is 12.6. The number of benzene rings is 1. The molecule has 1 aromatic carbocycles. The number of nitrogens with two attached hydrogens (primary N) is 2. The number of aliphatic hydroxyl groups excluding tert-OH is 2. The predicted octanol–water partition coefficient (Wildman–Crippen LogP) is -4.62. The molecule has 43 nitrogen and oxygen atoms in total. The summed E-state index contributed by atoms with van der Waals surface area (Å²) >= 11 is 0. The first-order valence-electron chi connectivity index (χ1n) is 41.7. The van der Waals surface area contributed by atoms with E-state index in [9.17, 15) is 111 Å². The molecule has 0 radical (unpaired) electrons. The van der Waals surface area contributed by atoms with Crippen LogP contribution in [-0.4, -0.2) is 263 Å². The smallest absolute Gasteiger partial charge is 0.248 e. The molecule has 0 aliphatic carbocycles. The van der Waals surface area contributed by atoms with E-state index in [-0.39, 0.29) is 62.7 Å². The third-order valence-corrected chi connectivity index (χ3v) is 20.3. The van der Waals surface area contributed by atoms with E-state index < -0.39 is 255 Å². The summed E-state index contributed by atoms with van der Waals surface area (Å²) < 4.78 is 0. The summed E-state index contributed by atoms with van der Waals surface area (Å²) in [5, 5.41) is 72.6. The maximum atomic E-state index is 14.6. The van der Waals surface area contributed by atoms with E-state index in [1.54, 1.807) is 53.7 Å². The molecule has 0 spiro atoms. The van der Waals surface area contributed by atoms with Gasteiger partial charge in [-0.05, 0) is 198 Å². The number of phenols is 1. The Morgan fingerprint density at radius 1 is 0.413 bits per heavy atom. The highest BCUT2D eigenvalue weighted by Crippen LogP contribution is 2.25. The van der Waals surface area contributed by atoms with E-state index in [0.29, 0.717) is 12.0 Å². The van der Waals surface area contributed by atoms with Crippen molar-refractivity contribution in [3.05, 3.63) is 29.8 Å². The number of amides is 20. The topological polar surface area (TPSA) is 662 Å². The number of rotatable bonds is 49. The van der Waals surface area contributed by atoms with E-state index in [0.717, 1.165) is 0 Å². The Kier molecular flexibility index (Phi) is 40.8. The SMILES string of the molecule is CC(=O)NC(C)(C)C(=O)N[C@@H](CO)C(=O)N[C@@H](C)C(=O)NC(C)(C)C(=O)NC(C)(C)C(=O)N[C@H](CCC(N)=O)C(=O)NC(C)(C)C(=O)N[C@@H](C(=O)NC(C)(C)C(=O)NCC(=O)N[C@@H](CC(C)C)C(=O)NC(C)(C)C(=O)N1CCC[C@H]1C(=O)N[C@@H](CC(C)C)C(=O)NC(C)(C)C(=O)NC(C)(C)C(=O)N[C@H](CCC(N)=O)C(=O)N[C@@H](CO)Cc1ccc(O)cc1)C(C)C. The number of likely N-dealkylation sites (tertiary alicyclic amines) is 1. The van der Waals surface area contributed by atoms with Crippen LogP contribution in [0.3, 0.4) is 0 Å². The molecule has 20 amide bonds. The first-order valence-corrected chi connectivity index (χ1v) is 41.7. The van der Waals surface area contributed by atoms with Crippen molar-refractivity contribution in [2.24, 2.45) is 29.2 Å². The molecule has 43 heteroatoms. The van der Waals surface area contributed by atoms with E-state index in [4.69, 9.17) is 11.5 Å². The van der Waals surface area contributed by atoms with Crippen LogP contribution < -0.4 is 102 Å². The summed E-state index contributed by atoms with van der Waals surface area (Å²) in [6.07, 6.45) is -0.815. The number of aliphatic hydroxyl groups is 2. The average molecular weight is 1780 g/mol. The highest BCUT2D eigenvalue weighted by atomic mass is 16.3. The van der Waals surface area contributed by atoms with Crippen LogP contribution in [0.5, 0.6) is 5.75 Å². The van der Waals surface area contributed by atoms with Gasteiger partial charge in [-0.25, -0.2) is 0 Å². The summed E-state index contributed by atoms with van der Waals surface area (Å²) in [6, 6.07) is -5.92. The van der Waals surface area contributed by atoms with E-state index in [1.165, 1.54) is 142 Å². The van der Waals surface area contributed by atoms with Crippen LogP contribution in [0.15, 0.2) is 24.3 Å². The van der Waals surface area contributed by atoms with Crippen LogP contribution in [-0.2, 0) is 102 Å². The maximum Gasteiger partial charge on any atom is 0.248 e. The van der Waals surface area contributed by atoms with Gasteiger partial charge >= 0.3 is 0 Å². The zero-order valence-corrected chi connectivity index (χ0v) is 77.0. The van der Waals surface area contributed by atoms with Crippen LogP contribution in [0.2, 0.25) is 0 Å². The van der Waals surface area contributed by atoms with E-state index >= 15 is 0 Å². The van der Waals surface area contributed by atoms with Gasteiger partial charge in [0.1, 0.15) is 98.4 Å². The lowest BCUT2D eigenvalue weighted by atomic mass is 9.96. The molecule has 0 aromatic heterocycles. The van der Waals surface area contributed by atoms with Crippen molar-refractivity contribution in [3.8, 4) is 5.75 Å². The van der Waals surface area contributed by atoms with Gasteiger partial charge in [0, 0.05) is 26.3 Å². The Labute approximate surface area is 735 Å². The zero-order valence-electron chi connectivity index (χ0n) is 77.0. The molecule has 1 aliphatic rings. The number of nitrogens with zero attached hydrogens (tertiary/aromatic N) is 1. The quantitative estimate of drug-likeness (QED) is 0.0292. The molecule has 708 valence electrons. The second-order valence-corrected chi connectivity index (χ2v) is 37.3. The third-order valence-electron chi connectivity index (χ3n) is 20.3. The molecule has 0 unspecified atom stereocenters. The summed E-state index contributed by atoms with van der Waals surface area (Å²) in [7, 11) is 0. The minimum absolute atomic E-state index is 0.00299. The minimum atomic E-state index is -1.91. The fraction of sp³-hybridized carbons (Fsp3) is 0.687. The second kappa shape index (κ2) is 46.5. The van der Waals surface area contributed by atoms with Gasteiger partial charge in [0.15, 0.2) is 0 Å². The van der Waals surface area contributed by atoms with Gasteiger partial charge in [-0.2, -0.15) is 0 Å². The van der Waals surface area contributed by atoms with Gasteiger partial charge < -0.3 is 122 Å². The van der Waals surface area contributed by atoms with Crippen LogP contribution in [0, 0.1) is 17.8 Å². The molecule has 1 aromatic rings. The van der Waals surface area contributed by atoms with Gasteiger partial charge in [-0.1, -0.05) is 53.7 Å². The predicted molar refractivity (Wildman–Crippen MR) is 459 cm³/mol. The lowest BCUT2D eigenvalue weighted by Gasteiger charge is -2.35. The lowest BCUT2D eigenvalue weighted by molar-refractivity contribution is -0.145. The first kappa shape index (κ1) is 110. The third kappa shape index (κ3) is 35.0. The summed E-state index contributed by atoms with van der Waals surface area (Å²) in [5.74, 6) is -18.3. The largest absolute Gasteiger partial charge is 0.508 e. The molecule has 1 heterocycles. The van der Waals surface area contributed by atoms with Crippen LogP contribution in [0.1, 0.15) is 223 Å². The van der Waals surface area contributed by atoms with Gasteiger partial charge in [0.25, 0.3) is 0 Å². The van der Waals surface area contributed by atoms with Crippen LogP contribution >= 0.6 is 0 Å². The summed E-state index contributed by atoms with van der Waals surface area (Å²) in [4.78, 5) is 272. The number of primary amides is 2. The molecule has 2 rings (SSSR count). The van der Waals surface area contributed by atoms with Gasteiger partial charge in [0.2, 0.25) is 118 Å². The number of hydrogen-bond acceptors (Lipinski definition) is 23. The molecule has 0 saturated carbocycles. The Morgan fingerprint density at radius 3 is 1.23 bits per heavy atom. The molecule has 24 N–H and O–H groups in total. The summed E-state index contributed by atoms with van der Waals surface area (Å²) in [5.41, 5.74) is -2.77. The van der Waals surface area contributed by atoms with Crippen molar-refractivity contribution in [1.82, 2.24) is 95.3 Å². The Morgan fingerprint density at radius 2 is 0.794 bits per heavy atom. The average Bonchev–Trinajstić information content (AvgIpc) is 1.58. The number of carbonyl (C=O) groups excluding carboxylic acids is 20. The van der Waals surface area contributed by atoms with Crippen molar-refractivity contribution < 1.29 is 111 Å². The zero-order chi connectivity index (χ0) is 97.2. The molecule has 0 bridgehead atoms. The molecule has 9 atom stereocenters. The molecule has 1 fully saturated rings. The molecular formula is C83H138N20O23. The number of aromatic hydroxyl groups is 1. The number of carbonyl (C=O) groups is 20. The first-order chi connectivity index (χ1) is 57.6. The Hall–Kier alpha value is -11.7. The monoisotopic (exact) mass is 1780 g/mol. The number of phenolic OH excluding ortho intramolecular Hbond substituents is 1. The van der Waals surface area contributed by atoms with Crippen molar-refractivity contribution in [2.75, 3.05) is 26.3 Å². The van der Waals surface area contributed by atoms with Gasteiger partial charge in [0.05, 0.1) is 25.8 Å².